The number of carbonyl (C=O) groups excluding carboxylic acids is 2. The minimum Gasteiger partial charge on any atom is -0.857 e. The normalized spacial score (nSPS) is 23.3. The number of carbonyl (C=O) groups is 2. The van der Waals surface area contributed by atoms with Crippen molar-refractivity contribution in [2.45, 2.75) is 58.0 Å². The van der Waals surface area contributed by atoms with Gasteiger partial charge in [-0.25, -0.2) is 19.7 Å². The maximum Gasteiger partial charge on any atom is 0.375 e. The van der Waals surface area contributed by atoms with E-state index in [4.69, 9.17) is 24.4 Å². The third kappa shape index (κ3) is 5.71. The summed E-state index contributed by atoms with van der Waals surface area (Å²) in [6.45, 7) is 4.60. The molecular weight excluding hydrogens is 664 g/mol. The van der Waals surface area contributed by atoms with E-state index in [1.807, 2.05) is 0 Å². The zero-order chi connectivity index (χ0) is 36.0. The minimum atomic E-state index is -1.22. The zero-order valence-electron chi connectivity index (χ0n) is 28.3. The van der Waals surface area contributed by atoms with Crippen LogP contribution in [-0.2, 0) is 33.9 Å². The van der Waals surface area contributed by atoms with Crippen molar-refractivity contribution >= 4 is 47.2 Å². The van der Waals surface area contributed by atoms with Crippen molar-refractivity contribution in [2.24, 2.45) is 20.9 Å². The number of aldehydes is 1. The number of hydrogen-bond donors (Lipinski definition) is 5. The number of aromatic nitrogens is 2. The Bertz CT molecular complexity index is 1970. The number of rotatable bonds is 10. The zero-order valence-corrected chi connectivity index (χ0v) is 28.3. The van der Waals surface area contributed by atoms with Crippen LogP contribution in [0.4, 0.5) is 5.95 Å². The smallest absolute Gasteiger partial charge is 0.375 e. The fraction of sp³-hybridized carbons (Fsp3) is 0.441. The molecule has 0 bridgehead atoms. The highest BCUT2D eigenvalue weighted by Gasteiger charge is 2.48. The second-order valence-corrected chi connectivity index (χ2v) is 12.8. The number of hydrogen-bond acceptors (Lipinski definition) is 13. The summed E-state index contributed by atoms with van der Waals surface area (Å²) in [4.78, 5) is 43.1. The van der Waals surface area contributed by atoms with Crippen molar-refractivity contribution < 1.29 is 48.8 Å². The van der Waals surface area contributed by atoms with Crippen LogP contribution in [0.2, 0.25) is 0 Å². The Morgan fingerprint density at radius 3 is 2.78 bits per heavy atom. The largest absolute Gasteiger partial charge is 0.857 e. The van der Waals surface area contributed by atoms with E-state index in [0.29, 0.717) is 34.0 Å². The molecule has 1 aromatic heterocycles. The molecular formula is C34H38N8O9. The molecule has 1 fully saturated rings. The number of nitrogens with zero attached hydrogens (tertiary/aromatic N) is 5. The summed E-state index contributed by atoms with van der Waals surface area (Å²) in [6, 6.07) is 0. The third-order valence-electron chi connectivity index (χ3n) is 9.98. The molecule has 5 aliphatic rings. The summed E-state index contributed by atoms with van der Waals surface area (Å²) < 4.78 is 25.6. The van der Waals surface area contributed by atoms with Gasteiger partial charge in [0.05, 0.1) is 43.2 Å². The van der Waals surface area contributed by atoms with Crippen molar-refractivity contribution in [3.63, 3.8) is 0 Å². The van der Waals surface area contributed by atoms with E-state index in [1.54, 1.807) is 36.9 Å². The van der Waals surface area contributed by atoms with Gasteiger partial charge in [0.15, 0.2) is 18.7 Å². The van der Waals surface area contributed by atoms with Gasteiger partial charge in [0, 0.05) is 36.2 Å². The molecule has 3 atom stereocenters. The van der Waals surface area contributed by atoms with Crippen LogP contribution < -0.4 is 29.5 Å². The van der Waals surface area contributed by atoms with Crippen molar-refractivity contribution in [3.05, 3.63) is 46.5 Å². The minimum absolute atomic E-state index is 0.0128. The lowest BCUT2D eigenvalue weighted by Gasteiger charge is -2.39. The van der Waals surface area contributed by atoms with E-state index in [9.17, 15) is 24.9 Å². The molecule has 1 aromatic carbocycles. The number of ether oxygens (including phenoxy) is 4. The van der Waals surface area contributed by atoms with Gasteiger partial charge in [-0.2, -0.15) is 9.98 Å². The van der Waals surface area contributed by atoms with Gasteiger partial charge >= 0.3 is 11.9 Å². The van der Waals surface area contributed by atoms with Crippen LogP contribution in [0.1, 0.15) is 43.4 Å². The Labute approximate surface area is 292 Å². The highest BCUT2D eigenvalue weighted by atomic mass is 16.6. The number of esters is 1. The first-order valence-electron chi connectivity index (χ1n) is 16.7. The van der Waals surface area contributed by atoms with E-state index in [2.05, 4.69) is 25.3 Å². The van der Waals surface area contributed by atoms with Gasteiger partial charge in [0.2, 0.25) is 11.7 Å². The molecule has 2 aromatic rings. The monoisotopic (exact) mass is 702 g/mol. The molecule has 17 heteroatoms. The average Bonchev–Trinajstić information content (AvgIpc) is 3.88. The number of allylic oxidation sites excluding steroid dienone is 3. The first-order chi connectivity index (χ1) is 24.6. The van der Waals surface area contributed by atoms with E-state index in [1.165, 1.54) is 7.11 Å². The summed E-state index contributed by atoms with van der Waals surface area (Å²) in [5.74, 6) is -1.06. The number of nitrogens with one attached hydrogen (secondary N) is 3. The van der Waals surface area contributed by atoms with Crippen LogP contribution in [0.15, 0.2) is 44.8 Å². The number of fused-ring (bicyclic) bond motifs is 3. The number of methoxy groups -OCH3 is 1. The van der Waals surface area contributed by atoms with Crippen LogP contribution >= 0.6 is 0 Å². The molecule has 7 rings (SSSR count). The number of piperidine rings is 1. The first kappa shape index (κ1) is 34.2. The Kier molecular flexibility index (Phi) is 9.05. The van der Waals surface area contributed by atoms with Gasteiger partial charge < -0.3 is 39.6 Å². The lowest BCUT2D eigenvalue weighted by Crippen LogP contribution is -3.10. The van der Waals surface area contributed by atoms with Crippen LogP contribution in [0.5, 0.6) is 17.2 Å². The Morgan fingerprint density at radius 1 is 1.29 bits per heavy atom. The molecule has 0 spiro atoms. The quantitative estimate of drug-likeness (QED) is 0.148. The predicted molar refractivity (Wildman–Crippen MR) is 179 cm³/mol. The molecule has 51 heavy (non-hydrogen) atoms. The van der Waals surface area contributed by atoms with E-state index in [-0.39, 0.29) is 77.7 Å². The van der Waals surface area contributed by atoms with Crippen molar-refractivity contribution in [2.75, 3.05) is 33.5 Å². The molecule has 0 aliphatic carbocycles. The lowest BCUT2D eigenvalue weighted by molar-refractivity contribution is -0.730. The maximum absolute atomic E-state index is 13.3. The number of quaternary nitrogens is 1. The second-order valence-electron chi connectivity index (χ2n) is 12.8. The van der Waals surface area contributed by atoms with Crippen molar-refractivity contribution in [3.8, 4) is 17.2 Å². The van der Waals surface area contributed by atoms with E-state index < -0.39 is 36.1 Å². The Balaban J connectivity index is 1.33. The van der Waals surface area contributed by atoms with Crippen LogP contribution in [0.3, 0.4) is 0 Å². The molecule has 1 saturated heterocycles. The predicted octanol–water partition coefficient (Wildman–Crippen LogP) is -1.04. The molecule has 0 saturated carbocycles. The summed E-state index contributed by atoms with van der Waals surface area (Å²) in [5.41, 5.74) is 0.145. The number of aliphatic hydroxyl groups is 2. The van der Waals surface area contributed by atoms with Gasteiger partial charge in [-0.1, -0.05) is 6.08 Å². The van der Waals surface area contributed by atoms with Crippen LogP contribution in [0, 0.1) is 11.3 Å². The van der Waals surface area contributed by atoms with E-state index >= 15 is 0 Å². The SMILES string of the molecule is CCOC(=O)C1=C(C=O)C(=CCn2ccnc2[NH+]2CN=C3C([O-])=NC(=N)N=C32)c2c(OC)c3c(c(CO)c2O1)O[C@H]([C@](C)(O)C1CCNCC1)C3. The molecule has 6 heterocycles. The molecule has 268 valence electrons. The third-order valence-corrected chi connectivity index (χ3v) is 9.98. The van der Waals surface area contributed by atoms with Crippen molar-refractivity contribution in [1.82, 2.24) is 14.9 Å². The molecule has 5 N–H and O–H groups in total. The summed E-state index contributed by atoms with van der Waals surface area (Å²) in [6.07, 6.45) is 6.55. The summed E-state index contributed by atoms with van der Waals surface area (Å²) in [5, 5.41) is 46.2. The maximum atomic E-state index is 13.3. The highest BCUT2D eigenvalue weighted by Crippen LogP contribution is 2.55. The second kappa shape index (κ2) is 13.5. The molecule has 17 nitrogen and oxygen atoms in total. The summed E-state index contributed by atoms with van der Waals surface area (Å²) in [7, 11) is 1.47. The molecule has 1 unspecified atom stereocenters. The van der Waals surface area contributed by atoms with Gasteiger partial charge in [-0.15, -0.1) is 0 Å². The van der Waals surface area contributed by atoms with Crippen molar-refractivity contribution in [1.29, 1.82) is 5.41 Å². The number of guanidine groups is 1. The fourth-order valence-corrected chi connectivity index (χ4v) is 7.42. The standard InChI is InChI=1S/C34H38N8O9/c1-4-49-31(46)28-20(14-43)18(7-11-41-12-10-37-33(41)42-16-38-24-29(42)39-32(35)40-30(24)45)23-26(48-3)19-13-22(34(2,47)17-5-8-36-9-6-17)50-25(19)21(15-44)27(23)51-28/h7,10,12,14,17,22,36,44,47H,4-6,8-9,11,13,15-16H2,1-3H3,(H2,35,40,45)/t22-,34+/m0/s1. The van der Waals surface area contributed by atoms with Gasteiger partial charge in [0.1, 0.15) is 29.0 Å². The lowest BCUT2D eigenvalue weighted by atomic mass is 9.77. The van der Waals surface area contributed by atoms with Gasteiger partial charge in [-0.3, -0.25) is 14.8 Å². The Morgan fingerprint density at radius 2 is 2.08 bits per heavy atom. The molecule has 0 amide bonds. The summed E-state index contributed by atoms with van der Waals surface area (Å²) >= 11 is 0. The topological polar surface area (TPSA) is 230 Å². The molecule has 5 aliphatic heterocycles. The van der Waals surface area contributed by atoms with E-state index in [0.717, 1.165) is 25.9 Å². The molecule has 0 radical (unpaired) electrons. The number of imidazole rings is 1. The Hall–Kier alpha value is -5.23. The van der Waals surface area contributed by atoms with Gasteiger partial charge in [0.25, 0.3) is 5.84 Å². The number of aliphatic hydroxyl groups excluding tert-OH is 1. The number of aliphatic imine (C=N–C) groups is 3. The fourth-order valence-electron chi connectivity index (χ4n) is 7.42. The number of benzene rings is 1. The number of amidine groups is 1. The van der Waals surface area contributed by atoms with Crippen LogP contribution in [0.25, 0.3) is 5.57 Å². The highest BCUT2D eigenvalue weighted by molar-refractivity contribution is 6.66. The average molecular weight is 703 g/mol. The van der Waals surface area contributed by atoms with Gasteiger partial charge in [-0.05, 0) is 45.7 Å². The first-order valence-corrected chi connectivity index (χ1v) is 16.7. The van der Waals surface area contributed by atoms with Crippen LogP contribution in [-0.4, -0.2) is 101 Å².